The molecular weight excluding hydrogens is 384 g/mol. The quantitative estimate of drug-likeness (QED) is 0.541. The highest BCUT2D eigenvalue weighted by Gasteiger charge is 2.17. The molecule has 7 nitrogen and oxygen atoms in total. The molecule has 2 aromatic rings. The Kier molecular flexibility index (Phi) is 7.05. The molecule has 0 aliphatic heterocycles. The van der Waals surface area contributed by atoms with Crippen molar-refractivity contribution in [1.29, 1.82) is 0 Å². The normalized spacial score (nSPS) is 14.6. The number of hydrogen-bond donors (Lipinski definition) is 2. The Labute approximate surface area is 166 Å². The molecule has 2 N–H and O–H groups in total. The molecule has 0 atom stereocenters. The van der Waals surface area contributed by atoms with E-state index in [1.807, 2.05) is 0 Å². The summed E-state index contributed by atoms with van der Waals surface area (Å²) >= 11 is 2.57. The Balaban J connectivity index is 1.49. The van der Waals surface area contributed by atoms with Gasteiger partial charge in [0.25, 0.3) is 5.91 Å². The van der Waals surface area contributed by atoms with Gasteiger partial charge in [0.15, 0.2) is 4.34 Å². The van der Waals surface area contributed by atoms with Gasteiger partial charge in [0.05, 0.1) is 18.4 Å². The van der Waals surface area contributed by atoms with Gasteiger partial charge < -0.3 is 10.1 Å². The fourth-order valence-electron chi connectivity index (χ4n) is 2.96. The molecule has 0 unspecified atom stereocenters. The van der Waals surface area contributed by atoms with Crippen LogP contribution in [0.1, 0.15) is 42.5 Å². The highest BCUT2D eigenvalue weighted by molar-refractivity contribution is 8.01. The molecule has 1 aliphatic carbocycles. The number of thioether (sulfide) groups is 1. The van der Waals surface area contributed by atoms with Gasteiger partial charge in [0.1, 0.15) is 5.75 Å². The molecule has 27 heavy (non-hydrogen) atoms. The van der Waals surface area contributed by atoms with Crippen LogP contribution in [-0.4, -0.2) is 40.9 Å². The van der Waals surface area contributed by atoms with E-state index in [0.717, 1.165) is 12.8 Å². The number of carbonyl (C=O) groups excluding carboxylic acids is 2. The molecule has 1 aromatic heterocycles. The smallest absolute Gasteiger partial charge is 0.261 e. The second-order valence-electron chi connectivity index (χ2n) is 6.22. The molecule has 9 heteroatoms. The zero-order chi connectivity index (χ0) is 19.1. The Hall–Kier alpha value is -2.13. The van der Waals surface area contributed by atoms with E-state index in [1.165, 1.54) is 49.5 Å². The molecule has 1 fully saturated rings. The van der Waals surface area contributed by atoms with Gasteiger partial charge in [-0.05, 0) is 25.0 Å². The number of anilines is 1. The van der Waals surface area contributed by atoms with Crippen LogP contribution in [-0.2, 0) is 4.79 Å². The molecule has 144 valence electrons. The van der Waals surface area contributed by atoms with Crippen LogP contribution >= 0.6 is 23.1 Å². The number of nitrogens with zero attached hydrogens (tertiary/aromatic N) is 2. The lowest BCUT2D eigenvalue weighted by Gasteiger charge is -2.22. The molecule has 1 heterocycles. The minimum atomic E-state index is -0.310. The second kappa shape index (κ2) is 9.70. The molecule has 1 aliphatic rings. The SMILES string of the molecule is COc1ccccc1C(=O)Nc1nnc(SCC(=O)NC2CCCCC2)s1. The number of ether oxygens (including phenoxy) is 1. The van der Waals surface area contributed by atoms with E-state index in [-0.39, 0.29) is 11.8 Å². The van der Waals surface area contributed by atoms with Gasteiger partial charge in [-0.3, -0.25) is 14.9 Å². The Bertz CT molecular complexity index is 790. The highest BCUT2D eigenvalue weighted by atomic mass is 32.2. The number of aromatic nitrogens is 2. The van der Waals surface area contributed by atoms with E-state index in [9.17, 15) is 9.59 Å². The van der Waals surface area contributed by atoms with Gasteiger partial charge in [0, 0.05) is 6.04 Å². The predicted octanol–water partition coefficient (Wildman–Crippen LogP) is 3.34. The third-order valence-corrected chi connectivity index (χ3v) is 6.25. The van der Waals surface area contributed by atoms with Gasteiger partial charge in [-0.25, -0.2) is 0 Å². The van der Waals surface area contributed by atoms with Crippen molar-refractivity contribution in [2.45, 2.75) is 42.5 Å². The molecule has 3 rings (SSSR count). The molecule has 1 saturated carbocycles. The van der Waals surface area contributed by atoms with Crippen molar-refractivity contribution < 1.29 is 14.3 Å². The lowest BCUT2D eigenvalue weighted by Crippen LogP contribution is -2.37. The molecule has 0 spiro atoms. The maximum atomic E-state index is 12.4. The Morgan fingerprint density at radius 1 is 1.22 bits per heavy atom. The summed E-state index contributed by atoms with van der Waals surface area (Å²) in [5.41, 5.74) is 0.427. The molecule has 0 radical (unpaired) electrons. The largest absolute Gasteiger partial charge is 0.496 e. The van der Waals surface area contributed by atoms with Gasteiger partial charge in [0.2, 0.25) is 11.0 Å². The maximum Gasteiger partial charge on any atom is 0.261 e. The maximum absolute atomic E-state index is 12.4. The van der Waals surface area contributed by atoms with Crippen LogP contribution in [0.4, 0.5) is 5.13 Å². The van der Waals surface area contributed by atoms with Crippen LogP contribution in [0, 0.1) is 0 Å². The second-order valence-corrected chi connectivity index (χ2v) is 8.42. The third-order valence-electron chi connectivity index (χ3n) is 4.28. The summed E-state index contributed by atoms with van der Waals surface area (Å²) in [4.78, 5) is 24.4. The van der Waals surface area contributed by atoms with Crippen LogP contribution < -0.4 is 15.4 Å². The van der Waals surface area contributed by atoms with Crippen molar-refractivity contribution in [2.75, 3.05) is 18.2 Å². The summed E-state index contributed by atoms with van der Waals surface area (Å²) in [5.74, 6) is 0.497. The minimum absolute atomic E-state index is 0.0155. The summed E-state index contributed by atoms with van der Waals surface area (Å²) in [5, 5.41) is 14.2. The first kappa shape index (κ1) is 19.6. The first-order valence-corrected chi connectivity index (χ1v) is 10.7. The summed E-state index contributed by atoms with van der Waals surface area (Å²) in [6, 6.07) is 7.27. The number of amides is 2. The zero-order valence-corrected chi connectivity index (χ0v) is 16.7. The van der Waals surface area contributed by atoms with Gasteiger partial charge in [-0.15, -0.1) is 10.2 Å². The van der Waals surface area contributed by atoms with Crippen molar-refractivity contribution >= 4 is 40.0 Å². The summed E-state index contributed by atoms with van der Waals surface area (Å²) in [6.07, 6.45) is 5.76. The first-order valence-electron chi connectivity index (χ1n) is 8.85. The predicted molar refractivity (Wildman–Crippen MR) is 107 cm³/mol. The van der Waals surface area contributed by atoms with Crippen LogP contribution in [0.25, 0.3) is 0 Å². The molecule has 1 aromatic carbocycles. The van der Waals surface area contributed by atoms with E-state index in [0.29, 0.717) is 32.6 Å². The van der Waals surface area contributed by atoms with Gasteiger partial charge in [-0.2, -0.15) is 0 Å². The van der Waals surface area contributed by atoms with E-state index in [4.69, 9.17) is 4.74 Å². The number of rotatable bonds is 7. The number of benzene rings is 1. The number of carbonyl (C=O) groups is 2. The Morgan fingerprint density at radius 2 is 2.00 bits per heavy atom. The average molecular weight is 407 g/mol. The Morgan fingerprint density at radius 3 is 2.78 bits per heavy atom. The van der Waals surface area contributed by atoms with Crippen molar-refractivity contribution in [1.82, 2.24) is 15.5 Å². The number of hydrogen-bond acceptors (Lipinski definition) is 7. The van der Waals surface area contributed by atoms with Crippen LogP contribution in [0.2, 0.25) is 0 Å². The molecule has 0 saturated heterocycles. The number of methoxy groups -OCH3 is 1. The third kappa shape index (κ3) is 5.67. The molecule has 2 amide bonds. The summed E-state index contributed by atoms with van der Waals surface area (Å²) < 4.78 is 5.84. The van der Waals surface area contributed by atoms with Crippen molar-refractivity contribution in [3.63, 3.8) is 0 Å². The van der Waals surface area contributed by atoms with Crippen molar-refractivity contribution in [2.24, 2.45) is 0 Å². The standard InChI is InChI=1S/C18H22N4O3S2/c1-25-14-10-6-5-9-13(14)16(24)20-17-21-22-18(27-17)26-11-15(23)19-12-7-3-2-4-8-12/h5-6,9-10,12H,2-4,7-8,11H2,1H3,(H,19,23)(H,20,21,24). The fourth-order valence-corrected chi connectivity index (χ4v) is 4.52. The average Bonchev–Trinajstić information content (AvgIpc) is 3.14. The van der Waals surface area contributed by atoms with Gasteiger partial charge >= 0.3 is 0 Å². The van der Waals surface area contributed by atoms with E-state index < -0.39 is 0 Å². The summed E-state index contributed by atoms with van der Waals surface area (Å²) in [7, 11) is 1.52. The van der Waals surface area contributed by atoms with Crippen LogP contribution in [0.3, 0.4) is 0 Å². The zero-order valence-electron chi connectivity index (χ0n) is 15.1. The van der Waals surface area contributed by atoms with E-state index in [1.54, 1.807) is 24.3 Å². The number of nitrogens with one attached hydrogen (secondary N) is 2. The minimum Gasteiger partial charge on any atom is -0.496 e. The highest BCUT2D eigenvalue weighted by Crippen LogP contribution is 2.27. The summed E-state index contributed by atoms with van der Waals surface area (Å²) in [6.45, 7) is 0. The topological polar surface area (TPSA) is 93.2 Å². The van der Waals surface area contributed by atoms with Crippen molar-refractivity contribution in [3.8, 4) is 5.75 Å². The monoisotopic (exact) mass is 406 g/mol. The van der Waals surface area contributed by atoms with Crippen LogP contribution in [0.15, 0.2) is 28.6 Å². The molecule has 0 bridgehead atoms. The van der Waals surface area contributed by atoms with Crippen molar-refractivity contribution in [3.05, 3.63) is 29.8 Å². The lowest BCUT2D eigenvalue weighted by atomic mass is 9.95. The lowest BCUT2D eigenvalue weighted by molar-refractivity contribution is -0.119. The first-order chi connectivity index (χ1) is 13.2. The van der Waals surface area contributed by atoms with E-state index >= 15 is 0 Å². The van der Waals surface area contributed by atoms with Crippen LogP contribution in [0.5, 0.6) is 5.75 Å². The van der Waals surface area contributed by atoms with E-state index in [2.05, 4.69) is 20.8 Å². The molecular formula is C18H22N4O3S2. The van der Waals surface area contributed by atoms with Gasteiger partial charge in [-0.1, -0.05) is 54.5 Å². The fraction of sp³-hybridized carbons (Fsp3) is 0.444. The number of para-hydroxylation sites is 1.